The third-order valence-corrected chi connectivity index (χ3v) is 2.01. The molecule has 1 aromatic rings. The Morgan fingerprint density at radius 1 is 1.58 bits per heavy atom. The molecule has 0 saturated carbocycles. The molecule has 2 rings (SSSR count). The molecule has 4 heteroatoms. The maximum atomic E-state index is 5.50. The quantitative estimate of drug-likeness (QED) is 0.699. The minimum absolute atomic E-state index is 0.177. The van der Waals surface area contributed by atoms with E-state index in [2.05, 4.69) is 15.5 Å². The van der Waals surface area contributed by atoms with E-state index in [1.165, 1.54) is 12.8 Å². The van der Waals surface area contributed by atoms with Gasteiger partial charge in [0, 0.05) is 12.8 Å². The van der Waals surface area contributed by atoms with Crippen molar-refractivity contribution in [1.82, 2.24) is 10.2 Å². The molecule has 2 N–H and O–H groups in total. The molecular formula is C8H13N3O. The van der Waals surface area contributed by atoms with Gasteiger partial charge >= 0.3 is 0 Å². The topological polar surface area (TPSA) is 49.9 Å². The van der Waals surface area contributed by atoms with E-state index in [9.17, 15) is 0 Å². The summed E-state index contributed by atoms with van der Waals surface area (Å²) < 4.78 is 5.50. The molecule has 1 fully saturated rings. The highest BCUT2D eigenvalue weighted by molar-refractivity contribution is 5.37. The van der Waals surface area contributed by atoms with Gasteiger partial charge in [-0.15, -0.1) is 0 Å². The van der Waals surface area contributed by atoms with E-state index in [0.29, 0.717) is 0 Å². The minimum Gasteiger partial charge on any atom is -0.359 e. The molecule has 0 radical (unpaired) electrons. The van der Waals surface area contributed by atoms with Crippen LogP contribution in [0.2, 0.25) is 0 Å². The van der Waals surface area contributed by atoms with Crippen molar-refractivity contribution in [3.8, 4) is 0 Å². The summed E-state index contributed by atoms with van der Waals surface area (Å²) in [6, 6.07) is 0. The molecule has 1 aromatic heterocycles. The SMILES string of the molecule is c1n[nH]cc1NC1CCCCO1. The molecule has 0 aliphatic carbocycles. The molecule has 1 aliphatic rings. The monoisotopic (exact) mass is 167 g/mol. The van der Waals surface area contributed by atoms with E-state index >= 15 is 0 Å². The minimum atomic E-state index is 0.177. The Morgan fingerprint density at radius 3 is 3.25 bits per heavy atom. The molecule has 1 unspecified atom stereocenters. The predicted octanol–water partition coefficient (Wildman–Crippen LogP) is 1.35. The van der Waals surface area contributed by atoms with E-state index in [0.717, 1.165) is 18.7 Å². The molecule has 0 amide bonds. The number of aromatic nitrogens is 2. The summed E-state index contributed by atoms with van der Waals surface area (Å²) in [5.41, 5.74) is 1.00. The molecule has 1 atom stereocenters. The number of hydrogen-bond acceptors (Lipinski definition) is 3. The molecular weight excluding hydrogens is 154 g/mol. The smallest absolute Gasteiger partial charge is 0.127 e. The number of rotatable bonds is 2. The lowest BCUT2D eigenvalue weighted by Crippen LogP contribution is -2.26. The second kappa shape index (κ2) is 3.58. The van der Waals surface area contributed by atoms with Crippen LogP contribution < -0.4 is 5.32 Å². The molecule has 0 spiro atoms. The zero-order valence-electron chi connectivity index (χ0n) is 6.92. The van der Waals surface area contributed by atoms with Gasteiger partial charge in [0.2, 0.25) is 0 Å². The maximum absolute atomic E-state index is 5.50. The van der Waals surface area contributed by atoms with Gasteiger partial charge in [0.15, 0.2) is 0 Å². The number of nitrogens with zero attached hydrogens (tertiary/aromatic N) is 1. The van der Waals surface area contributed by atoms with E-state index < -0.39 is 0 Å². The van der Waals surface area contributed by atoms with Gasteiger partial charge in [0.1, 0.15) is 6.23 Å². The molecule has 12 heavy (non-hydrogen) atoms. The number of ether oxygens (including phenoxy) is 1. The van der Waals surface area contributed by atoms with Gasteiger partial charge in [-0.2, -0.15) is 5.10 Å². The van der Waals surface area contributed by atoms with Crippen molar-refractivity contribution in [1.29, 1.82) is 0 Å². The summed E-state index contributed by atoms with van der Waals surface area (Å²) in [4.78, 5) is 0. The van der Waals surface area contributed by atoms with Crippen LogP contribution in [0, 0.1) is 0 Å². The fourth-order valence-electron chi connectivity index (χ4n) is 1.37. The van der Waals surface area contributed by atoms with E-state index in [4.69, 9.17) is 4.74 Å². The molecule has 1 saturated heterocycles. The number of H-pyrrole nitrogens is 1. The summed E-state index contributed by atoms with van der Waals surface area (Å²) >= 11 is 0. The lowest BCUT2D eigenvalue weighted by atomic mass is 10.2. The Balaban J connectivity index is 1.86. The van der Waals surface area contributed by atoms with Crippen molar-refractivity contribution in [2.45, 2.75) is 25.5 Å². The molecule has 0 aromatic carbocycles. The zero-order chi connectivity index (χ0) is 8.23. The van der Waals surface area contributed by atoms with Crippen LogP contribution in [0.4, 0.5) is 5.69 Å². The van der Waals surface area contributed by atoms with Crippen LogP contribution in [0.5, 0.6) is 0 Å². The van der Waals surface area contributed by atoms with Crippen molar-refractivity contribution in [2.24, 2.45) is 0 Å². The molecule has 66 valence electrons. The van der Waals surface area contributed by atoms with Gasteiger partial charge in [0.25, 0.3) is 0 Å². The average molecular weight is 167 g/mol. The largest absolute Gasteiger partial charge is 0.359 e. The van der Waals surface area contributed by atoms with Gasteiger partial charge in [-0.25, -0.2) is 0 Å². The second-order valence-electron chi connectivity index (χ2n) is 2.99. The number of nitrogens with one attached hydrogen (secondary N) is 2. The normalized spacial score (nSPS) is 23.8. The van der Waals surface area contributed by atoms with Gasteiger partial charge in [-0.05, 0) is 19.3 Å². The first-order chi connectivity index (χ1) is 5.95. The van der Waals surface area contributed by atoms with Gasteiger partial charge in [-0.3, -0.25) is 5.10 Å². The third-order valence-electron chi connectivity index (χ3n) is 2.01. The van der Waals surface area contributed by atoms with Crippen molar-refractivity contribution in [3.05, 3.63) is 12.4 Å². The van der Waals surface area contributed by atoms with Crippen LogP contribution >= 0.6 is 0 Å². The lowest BCUT2D eigenvalue weighted by Gasteiger charge is -2.23. The Kier molecular flexibility index (Phi) is 2.27. The molecule has 1 aliphatic heterocycles. The fraction of sp³-hybridized carbons (Fsp3) is 0.625. The Morgan fingerprint density at radius 2 is 2.58 bits per heavy atom. The molecule has 0 bridgehead atoms. The predicted molar refractivity (Wildman–Crippen MR) is 45.8 cm³/mol. The summed E-state index contributed by atoms with van der Waals surface area (Å²) in [5.74, 6) is 0. The van der Waals surface area contributed by atoms with Crippen molar-refractivity contribution < 1.29 is 4.74 Å². The first kappa shape index (κ1) is 7.61. The van der Waals surface area contributed by atoms with Crippen LogP contribution in [-0.4, -0.2) is 23.0 Å². The summed E-state index contributed by atoms with van der Waals surface area (Å²) in [5, 5.41) is 9.84. The Hall–Kier alpha value is -1.03. The number of hydrogen-bond donors (Lipinski definition) is 2. The highest BCUT2D eigenvalue weighted by Gasteiger charge is 2.12. The van der Waals surface area contributed by atoms with Gasteiger partial charge in [-0.1, -0.05) is 0 Å². The van der Waals surface area contributed by atoms with Crippen LogP contribution in [0.1, 0.15) is 19.3 Å². The van der Waals surface area contributed by atoms with Gasteiger partial charge in [0.05, 0.1) is 11.9 Å². The summed E-state index contributed by atoms with van der Waals surface area (Å²) in [7, 11) is 0. The summed E-state index contributed by atoms with van der Waals surface area (Å²) in [6.07, 6.45) is 7.29. The lowest BCUT2D eigenvalue weighted by molar-refractivity contribution is 0.0343. The van der Waals surface area contributed by atoms with Crippen LogP contribution in [0.15, 0.2) is 12.4 Å². The number of aromatic amines is 1. The Labute approximate surface area is 71.3 Å². The van der Waals surface area contributed by atoms with Crippen LogP contribution in [0.3, 0.4) is 0 Å². The number of anilines is 1. The summed E-state index contributed by atoms with van der Waals surface area (Å²) in [6.45, 7) is 0.871. The maximum Gasteiger partial charge on any atom is 0.127 e. The van der Waals surface area contributed by atoms with Crippen molar-refractivity contribution in [2.75, 3.05) is 11.9 Å². The fourth-order valence-corrected chi connectivity index (χ4v) is 1.37. The van der Waals surface area contributed by atoms with E-state index in [1.54, 1.807) is 6.20 Å². The highest BCUT2D eigenvalue weighted by atomic mass is 16.5. The average Bonchev–Trinajstić information content (AvgIpc) is 2.59. The Bertz CT molecular complexity index is 216. The van der Waals surface area contributed by atoms with E-state index in [-0.39, 0.29) is 6.23 Å². The first-order valence-electron chi connectivity index (χ1n) is 4.32. The van der Waals surface area contributed by atoms with E-state index in [1.807, 2.05) is 6.20 Å². The standard InChI is InChI=1S/C8H13N3O/c1-2-4-12-8(3-1)11-7-5-9-10-6-7/h5-6,8,11H,1-4H2,(H,9,10). The van der Waals surface area contributed by atoms with Gasteiger partial charge < -0.3 is 10.1 Å². The van der Waals surface area contributed by atoms with Crippen molar-refractivity contribution >= 4 is 5.69 Å². The second-order valence-corrected chi connectivity index (χ2v) is 2.99. The van der Waals surface area contributed by atoms with Crippen molar-refractivity contribution in [3.63, 3.8) is 0 Å². The third kappa shape index (κ3) is 1.76. The molecule has 4 nitrogen and oxygen atoms in total. The molecule has 2 heterocycles. The van der Waals surface area contributed by atoms with Crippen LogP contribution in [-0.2, 0) is 4.74 Å². The van der Waals surface area contributed by atoms with Crippen LogP contribution in [0.25, 0.3) is 0 Å². The highest BCUT2D eigenvalue weighted by Crippen LogP contribution is 2.14. The first-order valence-corrected chi connectivity index (χ1v) is 4.32. The zero-order valence-corrected chi connectivity index (χ0v) is 6.92.